The Bertz CT molecular complexity index is 263. The Morgan fingerprint density at radius 1 is 1.44 bits per heavy atom. The first kappa shape index (κ1) is 15.0. The highest BCUT2D eigenvalue weighted by Gasteiger charge is 2.30. The molecule has 2 N–H and O–H groups in total. The fourth-order valence-electron chi connectivity index (χ4n) is 1.54. The smallest absolute Gasteiger partial charge is 0.408 e. The number of carbonyl (C=O) groups is 2. The average molecular weight is 251 g/mol. The standard InChI is InChI=1S/C10H19ClN2O3/c1-7(6-12-8(14)5-11)13(9(15)16)10(2,3)4/h7H,5-6H2,1-4H3,(H,12,14)(H,15,16)/t7-/m0/s1. The van der Waals surface area contributed by atoms with Gasteiger partial charge in [0, 0.05) is 12.1 Å². The first-order chi connectivity index (χ1) is 7.20. The van der Waals surface area contributed by atoms with Crippen molar-refractivity contribution in [2.45, 2.75) is 39.3 Å². The van der Waals surface area contributed by atoms with E-state index in [1.165, 1.54) is 4.90 Å². The number of halogens is 1. The van der Waals surface area contributed by atoms with Crippen LogP contribution in [0.5, 0.6) is 0 Å². The van der Waals surface area contributed by atoms with Gasteiger partial charge in [-0.25, -0.2) is 4.79 Å². The molecule has 0 aliphatic rings. The van der Waals surface area contributed by atoms with E-state index in [2.05, 4.69) is 5.32 Å². The Hall–Kier alpha value is -0.970. The molecule has 2 amide bonds. The van der Waals surface area contributed by atoms with Gasteiger partial charge in [0.2, 0.25) is 5.91 Å². The van der Waals surface area contributed by atoms with Gasteiger partial charge in [0.1, 0.15) is 5.88 Å². The van der Waals surface area contributed by atoms with Crippen molar-refractivity contribution in [2.75, 3.05) is 12.4 Å². The maximum Gasteiger partial charge on any atom is 0.408 e. The molecule has 0 aliphatic heterocycles. The molecule has 0 spiro atoms. The molecule has 0 aliphatic carbocycles. The van der Waals surface area contributed by atoms with Gasteiger partial charge in [-0.1, -0.05) is 0 Å². The second-order valence-electron chi connectivity index (χ2n) is 4.61. The van der Waals surface area contributed by atoms with Gasteiger partial charge < -0.3 is 10.4 Å². The minimum Gasteiger partial charge on any atom is -0.465 e. The summed E-state index contributed by atoms with van der Waals surface area (Å²) in [6.45, 7) is 7.42. The summed E-state index contributed by atoms with van der Waals surface area (Å²) in [6, 6.07) is -0.301. The number of amides is 2. The predicted molar refractivity (Wildman–Crippen MR) is 62.8 cm³/mol. The minimum absolute atomic E-state index is 0.116. The van der Waals surface area contributed by atoms with E-state index in [-0.39, 0.29) is 24.4 Å². The maximum atomic E-state index is 11.1. The number of nitrogens with zero attached hydrogens (tertiary/aromatic N) is 1. The highest BCUT2D eigenvalue weighted by molar-refractivity contribution is 6.27. The Morgan fingerprint density at radius 3 is 2.25 bits per heavy atom. The summed E-state index contributed by atoms with van der Waals surface area (Å²) in [5.74, 6) is -0.414. The van der Waals surface area contributed by atoms with Crippen LogP contribution in [0.1, 0.15) is 27.7 Å². The Labute approximate surface area is 101 Å². The van der Waals surface area contributed by atoms with Crippen LogP contribution >= 0.6 is 11.6 Å². The fraction of sp³-hybridized carbons (Fsp3) is 0.800. The van der Waals surface area contributed by atoms with Gasteiger partial charge in [-0.15, -0.1) is 11.6 Å². The predicted octanol–water partition coefficient (Wildman–Crippen LogP) is 1.51. The van der Waals surface area contributed by atoms with E-state index in [9.17, 15) is 9.59 Å². The van der Waals surface area contributed by atoms with Crippen LogP contribution < -0.4 is 5.32 Å². The minimum atomic E-state index is -1.000. The highest BCUT2D eigenvalue weighted by Crippen LogP contribution is 2.16. The van der Waals surface area contributed by atoms with Crippen molar-refractivity contribution in [3.05, 3.63) is 0 Å². The highest BCUT2D eigenvalue weighted by atomic mass is 35.5. The van der Waals surface area contributed by atoms with Crippen LogP contribution in [-0.4, -0.2) is 46.0 Å². The summed E-state index contributed by atoms with van der Waals surface area (Å²) in [4.78, 5) is 23.3. The number of hydrogen-bond donors (Lipinski definition) is 2. The SMILES string of the molecule is C[C@@H](CNC(=O)CCl)N(C(=O)O)C(C)(C)C. The molecular weight excluding hydrogens is 232 g/mol. The fourth-order valence-corrected chi connectivity index (χ4v) is 1.63. The van der Waals surface area contributed by atoms with E-state index in [0.29, 0.717) is 0 Å². The van der Waals surface area contributed by atoms with Crippen molar-refractivity contribution < 1.29 is 14.7 Å². The summed E-state index contributed by atoms with van der Waals surface area (Å²) in [5.41, 5.74) is -0.503. The largest absolute Gasteiger partial charge is 0.465 e. The first-order valence-electron chi connectivity index (χ1n) is 5.05. The molecule has 0 fully saturated rings. The van der Waals surface area contributed by atoms with Crippen molar-refractivity contribution in [1.82, 2.24) is 10.2 Å². The molecule has 0 aromatic rings. The lowest BCUT2D eigenvalue weighted by Crippen LogP contribution is -2.53. The van der Waals surface area contributed by atoms with Gasteiger partial charge in [0.25, 0.3) is 0 Å². The van der Waals surface area contributed by atoms with Gasteiger partial charge in [-0.05, 0) is 27.7 Å². The number of hydrogen-bond acceptors (Lipinski definition) is 2. The van der Waals surface area contributed by atoms with Crippen LogP contribution in [0.15, 0.2) is 0 Å². The summed E-state index contributed by atoms with van der Waals surface area (Å²) in [5, 5.41) is 11.7. The number of carboxylic acid groups (broad SMARTS) is 1. The molecular formula is C10H19ClN2O3. The third-order valence-corrected chi connectivity index (χ3v) is 2.33. The van der Waals surface area contributed by atoms with Crippen LogP contribution in [0.4, 0.5) is 4.79 Å². The van der Waals surface area contributed by atoms with Crippen LogP contribution in [0, 0.1) is 0 Å². The van der Waals surface area contributed by atoms with Crippen molar-refractivity contribution in [2.24, 2.45) is 0 Å². The van der Waals surface area contributed by atoms with Crippen molar-refractivity contribution in [3.8, 4) is 0 Å². The summed E-state index contributed by atoms with van der Waals surface area (Å²) in [6.07, 6.45) is -1.000. The molecule has 16 heavy (non-hydrogen) atoms. The third kappa shape index (κ3) is 4.70. The molecule has 0 heterocycles. The second-order valence-corrected chi connectivity index (χ2v) is 4.88. The van der Waals surface area contributed by atoms with Gasteiger partial charge in [-0.3, -0.25) is 9.69 Å². The molecule has 94 valence electrons. The molecule has 0 aromatic carbocycles. The lowest BCUT2D eigenvalue weighted by atomic mass is 10.0. The Morgan fingerprint density at radius 2 is 1.94 bits per heavy atom. The Balaban J connectivity index is 4.47. The molecule has 1 atom stereocenters. The van der Waals surface area contributed by atoms with Gasteiger partial charge in [0.15, 0.2) is 0 Å². The van der Waals surface area contributed by atoms with E-state index in [4.69, 9.17) is 16.7 Å². The van der Waals surface area contributed by atoms with Gasteiger partial charge in [0.05, 0.1) is 6.04 Å². The molecule has 0 unspecified atom stereocenters. The van der Waals surface area contributed by atoms with E-state index in [0.717, 1.165) is 0 Å². The molecule has 0 bridgehead atoms. The van der Waals surface area contributed by atoms with Crippen molar-refractivity contribution in [3.63, 3.8) is 0 Å². The average Bonchev–Trinajstić information content (AvgIpc) is 2.11. The number of nitrogens with one attached hydrogen (secondary N) is 1. The number of alkyl halides is 1. The normalized spacial score (nSPS) is 13.1. The van der Waals surface area contributed by atoms with E-state index >= 15 is 0 Å². The zero-order valence-electron chi connectivity index (χ0n) is 10.1. The van der Waals surface area contributed by atoms with Gasteiger partial charge in [-0.2, -0.15) is 0 Å². The lowest BCUT2D eigenvalue weighted by molar-refractivity contribution is -0.119. The monoisotopic (exact) mass is 250 g/mol. The van der Waals surface area contributed by atoms with Crippen LogP contribution in [0.3, 0.4) is 0 Å². The van der Waals surface area contributed by atoms with Crippen LogP contribution in [0.2, 0.25) is 0 Å². The van der Waals surface area contributed by atoms with E-state index < -0.39 is 11.6 Å². The van der Waals surface area contributed by atoms with Gasteiger partial charge >= 0.3 is 6.09 Å². The molecule has 6 heteroatoms. The topological polar surface area (TPSA) is 69.6 Å². The molecule has 0 rings (SSSR count). The zero-order valence-corrected chi connectivity index (χ0v) is 10.8. The molecule has 0 aromatic heterocycles. The Kier molecular flexibility index (Phi) is 5.58. The lowest BCUT2D eigenvalue weighted by Gasteiger charge is -2.38. The molecule has 5 nitrogen and oxygen atoms in total. The molecule has 0 saturated carbocycles. The first-order valence-corrected chi connectivity index (χ1v) is 5.58. The molecule has 0 radical (unpaired) electrons. The molecule has 0 saturated heterocycles. The zero-order chi connectivity index (χ0) is 12.9. The quantitative estimate of drug-likeness (QED) is 0.743. The van der Waals surface area contributed by atoms with Crippen LogP contribution in [-0.2, 0) is 4.79 Å². The maximum absolute atomic E-state index is 11.1. The van der Waals surface area contributed by atoms with Crippen molar-refractivity contribution in [1.29, 1.82) is 0 Å². The number of carbonyl (C=O) groups excluding carboxylic acids is 1. The van der Waals surface area contributed by atoms with E-state index in [1.54, 1.807) is 27.7 Å². The summed E-state index contributed by atoms with van der Waals surface area (Å²) in [7, 11) is 0. The second kappa shape index (κ2) is 5.94. The van der Waals surface area contributed by atoms with Crippen LogP contribution in [0.25, 0.3) is 0 Å². The third-order valence-electron chi connectivity index (χ3n) is 2.09. The summed E-state index contributed by atoms with van der Waals surface area (Å²) < 4.78 is 0. The summed E-state index contributed by atoms with van der Waals surface area (Å²) >= 11 is 5.33. The number of rotatable bonds is 4. The van der Waals surface area contributed by atoms with Crippen molar-refractivity contribution >= 4 is 23.6 Å². The van der Waals surface area contributed by atoms with E-state index in [1.807, 2.05) is 0 Å².